The first-order chi connectivity index (χ1) is 17.8. The lowest BCUT2D eigenvalue weighted by molar-refractivity contribution is -0.384. The Balaban J connectivity index is 1.50. The Morgan fingerprint density at radius 2 is 1.97 bits per heavy atom. The lowest BCUT2D eigenvalue weighted by atomic mass is 10.1. The predicted molar refractivity (Wildman–Crippen MR) is 144 cm³/mol. The van der Waals surface area contributed by atoms with Crippen LogP contribution in [-0.2, 0) is 13.1 Å². The van der Waals surface area contributed by atoms with Crippen molar-refractivity contribution in [1.82, 2.24) is 19.9 Å². The Bertz CT molecular complexity index is 1430. The Labute approximate surface area is 222 Å². The summed E-state index contributed by atoms with van der Waals surface area (Å²) in [6.07, 6.45) is 5.83. The van der Waals surface area contributed by atoms with E-state index in [-0.39, 0.29) is 17.4 Å². The zero-order valence-corrected chi connectivity index (χ0v) is 21.0. The fourth-order valence-electron chi connectivity index (χ4n) is 3.79. The zero-order chi connectivity index (χ0) is 26.4. The van der Waals surface area contributed by atoms with Crippen LogP contribution in [0.25, 0.3) is 11.1 Å². The average molecular weight is 540 g/mol. The summed E-state index contributed by atoms with van der Waals surface area (Å²) < 4.78 is 1.86. The van der Waals surface area contributed by atoms with Gasteiger partial charge in [0.2, 0.25) is 5.82 Å². The van der Waals surface area contributed by atoms with Crippen LogP contribution in [0.5, 0.6) is 0 Å². The molecule has 4 rings (SSSR count). The van der Waals surface area contributed by atoms with E-state index in [4.69, 9.17) is 28.9 Å². The number of nitrogens with two attached hydrogens (primary N) is 1. The quantitative estimate of drug-likeness (QED) is 0.143. The van der Waals surface area contributed by atoms with Crippen LogP contribution < -0.4 is 16.4 Å². The number of anilines is 2. The number of nitrogens with zero attached hydrogens (tertiary/aromatic N) is 4. The van der Waals surface area contributed by atoms with E-state index in [1.807, 2.05) is 29.0 Å². The molecule has 0 spiro atoms. The van der Waals surface area contributed by atoms with Gasteiger partial charge >= 0.3 is 5.69 Å². The zero-order valence-electron chi connectivity index (χ0n) is 19.5. The molecule has 0 fully saturated rings. The Morgan fingerprint density at radius 1 is 1.14 bits per heavy atom. The number of pyridine rings is 2. The maximum absolute atomic E-state index is 13.3. The van der Waals surface area contributed by atoms with Gasteiger partial charge in [0.1, 0.15) is 11.5 Å². The summed E-state index contributed by atoms with van der Waals surface area (Å²) in [5.74, 6) is 0.0174. The van der Waals surface area contributed by atoms with Gasteiger partial charge in [-0.05, 0) is 42.3 Å². The number of halogens is 2. The van der Waals surface area contributed by atoms with E-state index in [1.54, 1.807) is 30.6 Å². The molecule has 0 atom stereocenters. The summed E-state index contributed by atoms with van der Waals surface area (Å²) in [6, 6.07) is 13.5. The monoisotopic (exact) mass is 539 g/mol. The van der Waals surface area contributed by atoms with Gasteiger partial charge < -0.3 is 20.9 Å². The molecule has 12 heteroatoms. The van der Waals surface area contributed by atoms with E-state index < -0.39 is 4.92 Å². The van der Waals surface area contributed by atoms with Crippen LogP contribution >= 0.6 is 23.2 Å². The lowest BCUT2D eigenvalue weighted by Gasteiger charge is -2.14. The third kappa shape index (κ3) is 6.35. The smallest absolute Gasteiger partial charge is 0.311 e. The van der Waals surface area contributed by atoms with Gasteiger partial charge in [0.25, 0.3) is 5.91 Å². The predicted octanol–water partition coefficient (Wildman–Crippen LogP) is 5.17. The van der Waals surface area contributed by atoms with Crippen molar-refractivity contribution < 1.29 is 9.72 Å². The van der Waals surface area contributed by atoms with Crippen molar-refractivity contribution in [2.45, 2.75) is 19.5 Å². The average Bonchev–Trinajstić information content (AvgIpc) is 3.29. The first-order valence-electron chi connectivity index (χ1n) is 11.3. The van der Waals surface area contributed by atoms with Crippen LogP contribution in [0.3, 0.4) is 0 Å². The van der Waals surface area contributed by atoms with Gasteiger partial charge in [-0.2, -0.15) is 0 Å². The minimum absolute atomic E-state index is 0.155. The molecule has 0 saturated carbocycles. The molecular formula is C25H23Cl2N7O3. The third-order valence-corrected chi connectivity index (χ3v) is 6.10. The standard InChI is InChI=1S/C25H23Cl2N7O3/c26-17-4-5-18(20(27)13-17)19-8-12-33(23(19)25(35)31-15-16-3-1-9-29-14-16)11-2-10-30-22-7-6-21(34(36)37)24(28)32-22/h1,3-9,12-14H,2,10-11,15H2,(H,31,35)(H3,28,30,32). The summed E-state index contributed by atoms with van der Waals surface area (Å²) in [6.45, 7) is 1.33. The van der Waals surface area contributed by atoms with Crippen molar-refractivity contribution >= 4 is 46.4 Å². The summed E-state index contributed by atoms with van der Waals surface area (Å²) in [7, 11) is 0. The number of nitro groups is 1. The number of carbonyl (C=O) groups is 1. The summed E-state index contributed by atoms with van der Waals surface area (Å²) in [5.41, 5.74) is 8.13. The second-order valence-corrected chi connectivity index (χ2v) is 8.92. The number of aromatic nitrogens is 3. The maximum atomic E-state index is 13.3. The highest BCUT2D eigenvalue weighted by molar-refractivity contribution is 6.36. The molecule has 3 heterocycles. The minimum Gasteiger partial charge on any atom is -0.378 e. The van der Waals surface area contributed by atoms with Crippen molar-refractivity contribution in [3.63, 3.8) is 0 Å². The highest BCUT2D eigenvalue weighted by Crippen LogP contribution is 2.33. The molecule has 0 aliphatic rings. The van der Waals surface area contributed by atoms with E-state index in [1.165, 1.54) is 12.1 Å². The molecule has 0 aliphatic carbocycles. The SMILES string of the molecule is Nc1nc(NCCCn2ccc(-c3ccc(Cl)cc3Cl)c2C(=O)NCc2cccnc2)ccc1[N+](=O)[O-]. The van der Waals surface area contributed by atoms with Crippen molar-refractivity contribution in [1.29, 1.82) is 0 Å². The van der Waals surface area contributed by atoms with E-state index in [2.05, 4.69) is 20.6 Å². The second-order valence-electron chi connectivity index (χ2n) is 8.08. The number of nitrogens with one attached hydrogen (secondary N) is 2. The van der Waals surface area contributed by atoms with E-state index in [9.17, 15) is 14.9 Å². The van der Waals surface area contributed by atoms with E-state index in [0.717, 1.165) is 5.56 Å². The Kier molecular flexibility index (Phi) is 8.22. The number of rotatable bonds is 10. The number of hydrogen-bond acceptors (Lipinski definition) is 7. The van der Waals surface area contributed by atoms with Crippen LogP contribution in [0.1, 0.15) is 22.5 Å². The molecule has 37 heavy (non-hydrogen) atoms. The number of amides is 1. The van der Waals surface area contributed by atoms with Gasteiger partial charge in [0.05, 0.1) is 4.92 Å². The van der Waals surface area contributed by atoms with Crippen LogP contribution in [0.2, 0.25) is 10.0 Å². The molecule has 4 aromatic rings. The van der Waals surface area contributed by atoms with Crippen LogP contribution in [0.15, 0.2) is 67.1 Å². The summed E-state index contributed by atoms with van der Waals surface area (Å²) >= 11 is 12.5. The normalized spacial score (nSPS) is 10.8. The molecule has 0 saturated heterocycles. The molecule has 3 aromatic heterocycles. The highest BCUT2D eigenvalue weighted by atomic mass is 35.5. The van der Waals surface area contributed by atoms with Gasteiger partial charge in [-0.3, -0.25) is 19.9 Å². The van der Waals surface area contributed by atoms with Crippen molar-refractivity contribution in [3.8, 4) is 11.1 Å². The number of nitrogen functional groups attached to an aromatic ring is 1. The maximum Gasteiger partial charge on any atom is 0.311 e. The van der Waals surface area contributed by atoms with Crippen LogP contribution in [0, 0.1) is 10.1 Å². The molecular weight excluding hydrogens is 517 g/mol. The number of carbonyl (C=O) groups excluding carboxylic acids is 1. The summed E-state index contributed by atoms with van der Waals surface area (Å²) in [5, 5.41) is 17.9. The van der Waals surface area contributed by atoms with Crippen molar-refractivity contribution in [2.24, 2.45) is 0 Å². The van der Waals surface area contributed by atoms with E-state index in [0.29, 0.717) is 58.7 Å². The second kappa shape index (κ2) is 11.7. The molecule has 0 aliphatic heterocycles. The van der Waals surface area contributed by atoms with Gasteiger partial charge in [0.15, 0.2) is 0 Å². The van der Waals surface area contributed by atoms with Crippen molar-refractivity contribution in [2.75, 3.05) is 17.6 Å². The minimum atomic E-state index is -0.580. The largest absolute Gasteiger partial charge is 0.378 e. The molecule has 0 unspecified atom stereocenters. The molecule has 0 radical (unpaired) electrons. The van der Waals surface area contributed by atoms with Gasteiger partial charge in [-0.15, -0.1) is 0 Å². The fourth-order valence-corrected chi connectivity index (χ4v) is 4.30. The third-order valence-electron chi connectivity index (χ3n) is 5.56. The topological polar surface area (TPSA) is 141 Å². The van der Waals surface area contributed by atoms with Crippen LogP contribution in [-0.4, -0.2) is 31.9 Å². The Morgan fingerprint density at radius 3 is 2.68 bits per heavy atom. The molecule has 10 nitrogen and oxygen atoms in total. The van der Waals surface area contributed by atoms with Crippen molar-refractivity contribution in [3.05, 3.63) is 98.5 Å². The number of hydrogen-bond donors (Lipinski definition) is 3. The lowest BCUT2D eigenvalue weighted by Crippen LogP contribution is -2.26. The Hall–Kier alpha value is -4.15. The molecule has 4 N–H and O–H groups in total. The van der Waals surface area contributed by atoms with E-state index >= 15 is 0 Å². The van der Waals surface area contributed by atoms with Gasteiger partial charge in [-0.1, -0.05) is 35.3 Å². The molecule has 0 bridgehead atoms. The molecule has 1 amide bonds. The first kappa shape index (κ1) is 25.9. The molecule has 190 valence electrons. The fraction of sp³-hybridized carbons (Fsp3) is 0.160. The number of benzene rings is 1. The van der Waals surface area contributed by atoms with Gasteiger partial charge in [0, 0.05) is 65.5 Å². The number of aryl methyl sites for hydroxylation is 1. The van der Waals surface area contributed by atoms with Crippen LogP contribution in [0.4, 0.5) is 17.3 Å². The molecule has 1 aromatic carbocycles. The van der Waals surface area contributed by atoms with Gasteiger partial charge in [-0.25, -0.2) is 4.98 Å². The summed E-state index contributed by atoms with van der Waals surface area (Å²) in [4.78, 5) is 31.8. The highest BCUT2D eigenvalue weighted by Gasteiger charge is 2.20. The first-order valence-corrected chi connectivity index (χ1v) is 12.1.